The van der Waals surface area contributed by atoms with E-state index in [1.165, 1.54) is 241 Å². The zero-order chi connectivity index (χ0) is 44.2. The van der Waals surface area contributed by atoms with Gasteiger partial charge in [0, 0.05) is 50.1 Å². The second-order valence-electron chi connectivity index (χ2n) is 18.5. The summed E-state index contributed by atoms with van der Waals surface area (Å²) in [6.07, 6.45) is 36.9. The number of rotatable bonds is 32. The second kappa shape index (κ2) is 27.5. The van der Waals surface area contributed by atoms with Gasteiger partial charge in [0.15, 0.2) is 0 Å². The maximum Gasteiger partial charge on any atom is 0.114 e. The van der Waals surface area contributed by atoms with Crippen molar-refractivity contribution in [3.05, 3.63) is 68.4 Å². The van der Waals surface area contributed by atoms with Crippen LogP contribution in [0.15, 0.2) is 36.4 Å². The summed E-state index contributed by atoms with van der Waals surface area (Å²) in [5.41, 5.74) is 10.9. The molecule has 0 saturated carbocycles. The van der Waals surface area contributed by atoms with Crippen LogP contribution in [-0.2, 0) is 25.7 Å². The summed E-state index contributed by atoms with van der Waals surface area (Å²) >= 11 is 9.47. The lowest BCUT2D eigenvalue weighted by atomic mass is 10.0. The predicted molar refractivity (Wildman–Crippen MR) is 288 cm³/mol. The molecule has 0 fully saturated rings. The Morgan fingerprint density at radius 3 is 1.10 bits per heavy atom. The predicted octanol–water partition coefficient (Wildman–Crippen LogP) is 20.8. The van der Waals surface area contributed by atoms with Crippen molar-refractivity contribution < 1.29 is 0 Å². The fourth-order valence-corrected chi connectivity index (χ4v) is 14.8. The Labute approximate surface area is 404 Å². The maximum atomic E-state index is 5.03. The van der Waals surface area contributed by atoms with Crippen molar-refractivity contribution in [2.45, 2.75) is 221 Å². The lowest BCUT2D eigenvalue weighted by Gasteiger charge is -2.04. The molecule has 0 saturated heterocycles. The van der Waals surface area contributed by atoms with E-state index in [-0.39, 0.29) is 0 Å². The monoisotopic (exact) mass is 940 g/mol. The largest absolute Gasteiger partial charge is 0.172 e. The highest BCUT2D eigenvalue weighted by molar-refractivity contribution is 7.27. The first kappa shape index (κ1) is 50.3. The third-order valence-corrected chi connectivity index (χ3v) is 18.7. The molecular formula is C56H80N2S5. The number of benzene rings is 1. The molecule has 0 bridgehead atoms. The standard InChI is InChI=1S/C56H80N2S5/c1-7-11-15-19-23-27-31-43-37-49(59-41(43)5)47-35-36-48(54-53(47)57-63-58-54)50-39-45(33-29-25-21-17-13-9-3)56(61-50)52-40-46(34-30-26-22-18-14-10-4)55(62-52)51-38-44(42(6)60-51)32-28-24-20-16-12-8-2/h35-40H,7-34H2,1-6H3. The zero-order valence-corrected chi connectivity index (χ0v) is 44.3. The molecule has 0 amide bonds. The van der Waals surface area contributed by atoms with Gasteiger partial charge in [0.25, 0.3) is 0 Å². The first-order valence-corrected chi connectivity index (χ1v) is 29.7. The van der Waals surface area contributed by atoms with Gasteiger partial charge in [-0.05, 0) is 112 Å². The van der Waals surface area contributed by atoms with Crippen molar-refractivity contribution in [3.63, 3.8) is 0 Å². The van der Waals surface area contributed by atoms with Crippen LogP contribution in [0.1, 0.15) is 214 Å². The Morgan fingerprint density at radius 1 is 0.349 bits per heavy atom. The van der Waals surface area contributed by atoms with Gasteiger partial charge in [-0.3, -0.25) is 0 Å². The van der Waals surface area contributed by atoms with Crippen molar-refractivity contribution in [2.24, 2.45) is 0 Å². The van der Waals surface area contributed by atoms with Gasteiger partial charge in [0.05, 0.1) is 11.7 Å². The highest BCUT2D eigenvalue weighted by Crippen LogP contribution is 2.49. The molecule has 0 aliphatic heterocycles. The Balaban J connectivity index is 1.30. The van der Waals surface area contributed by atoms with Crippen LogP contribution in [0.2, 0.25) is 0 Å². The van der Waals surface area contributed by atoms with Crippen LogP contribution in [0, 0.1) is 13.8 Å². The number of aromatic nitrogens is 2. The van der Waals surface area contributed by atoms with Gasteiger partial charge in [-0.1, -0.05) is 168 Å². The SMILES string of the molecule is CCCCCCCCc1cc(-c2sc(-c3sc(-c4ccc(-c5cc(CCCCCCCC)c(C)s5)c5nsnc45)cc3CCCCCCCC)cc2CCCCCCCC)sc1C. The molecule has 0 aliphatic rings. The Hall–Kier alpha value is -2.16. The van der Waals surface area contributed by atoms with Crippen LogP contribution in [0.3, 0.4) is 0 Å². The fourth-order valence-electron chi connectivity index (χ4n) is 9.32. The van der Waals surface area contributed by atoms with Crippen LogP contribution < -0.4 is 0 Å². The number of nitrogens with zero attached hydrogens (tertiary/aromatic N) is 2. The summed E-state index contributed by atoms with van der Waals surface area (Å²) in [6, 6.07) is 15.0. The maximum absolute atomic E-state index is 5.03. The molecule has 344 valence electrons. The highest BCUT2D eigenvalue weighted by Gasteiger charge is 2.22. The highest BCUT2D eigenvalue weighted by atomic mass is 32.1. The molecule has 63 heavy (non-hydrogen) atoms. The van der Waals surface area contributed by atoms with Gasteiger partial charge in [0.1, 0.15) is 11.0 Å². The van der Waals surface area contributed by atoms with Crippen molar-refractivity contribution in [1.82, 2.24) is 8.75 Å². The van der Waals surface area contributed by atoms with Gasteiger partial charge in [-0.2, -0.15) is 8.75 Å². The minimum atomic E-state index is 1.07. The van der Waals surface area contributed by atoms with E-state index in [1.807, 2.05) is 22.7 Å². The van der Waals surface area contributed by atoms with E-state index in [2.05, 4.69) is 101 Å². The summed E-state index contributed by atoms with van der Waals surface area (Å²) < 4.78 is 10.0. The normalized spacial score (nSPS) is 11.8. The van der Waals surface area contributed by atoms with Crippen molar-refractivity contribution in [1.29, 1.82) is 0 Å². The zero-order valence-electron chi connectivity index (χ0n) is 40.2. The molecule has 0 atom stereocenters. The molecule has 5 heterocycles. The summed E-state index contributed by atoms with van der Waals surface area (Å²) in [7, 11) is 0. The molecule has 0 N–H and O–H groups in total. The molecule has 0 aliphatic carbocycles. The molecular weight excluding hydrogens is 861 g/mol. The molecule has 0 unspecified atom stereocenters. The van der Waals surface area contributed by atoms with Crippen LogP contribution >= 0.6 is 57.1 Å². The van der Waals surface area contributed by atoms with Gasteiger partial charge in [-0.25, -0.2) is 0 Å². The first-order chi connectivity index (χ1) is 30.9. The Morgan fingerprint density at radius 2 is 0.651 bits per heavy atom. The molecule has 0 spiro atoms. The Bertz CT molecular complexity index is 2210. The van der Waals surface area contributed by atoms with Crippen LogP contribution in [-0.4, -0.2) is 8.75 Å². The third-order valence-electron chi connectivity index (χ3n) is 13.3. The number of fused-ring (bicyclic) bond motifs is 1. The average molecular weight is 942 g/mol. The van der Waals surface area contributed by atoms with E-state index in [0.29, 0.717) is 0 Å². The van der Waals surface area contributed by atoms with Crippen molar-refractivity contribution >= 4 is 68.1 Å². The first-order valence-electron chi connectivity index (χ1n) is 25.7. The van der Waals surface area contributed by atoms with Gasteiger partial charge >= 0.3 is 0 Å². The van der Waals surface area contributed by atoms with E-state index in [9.17, 15) is 0 Å². The summed E-state index contributed by atoms with van der Waals surface area (Å²) in [4.78, 5) is 11.7. The molecule has 5 aromatic heterocycles. The van der Waals surface area contributed by atoms with Gasteiger partial charge < -0.3 is 0 Å². The summed E-state index contributed by atoms with van der Waals surface area (Å²) in [5.74, 6) is 0. The van der Waals surface area contributed by atoms with Crippen LogP contribution in [0.5, 0.6) is 0 Å². The van der Waals surface area contributed by atoms with Gasteiger partial charge in [0.2, 0.25) is 0 Å². The number of hydrogen-bond acceptors (Lipinski definition) is 7. The second-order valence-corrected chi connectivity index (χ2v) is 23.7. The van der Waals surface area contributed by atoms with Gasteiger partial charge in [-0.15, -0.1) is 45.3 Å². The molecule has 6 rings (SSSR count). The number of unbranched alkanes of at least 4 members (excludes halogenated alkanes) is 20. The van der Waals surface area contributed by atoms with Crippen molar-refractivity contribution in [2.75, 3.05) is 0 Å². The number of aryl methyl sites for hydroxylation is 6. The van der Waals surface area contributed by atoms with E-state index >= 15 is 0 Å². The van der Waals surface area contributed by atoms with E-state index in [4.69, 9.17) is 8.75 Å². The third kappa shape index (κ3) is 14.7. The number of hydrogen-bond donors (Lipinski definition) is 0. The van der Waals surface area contributed by atoms with Crippen LogP contribution in [0.25, 0.3) is 51.4 Å². The lowest BCUT2D eigenvalue weighted by Crippen LogP contribution is -1.87. The molecule has 1 aromatic carbocycles. The Kier molecular flexibility index (Phi) is 21.9. The minimum absolute atomic E-state index is 1.07. The summed E-state index contributed by atoms with van der Waals surface area (Å²) in [6.45, 7) is 13.9. The summed E-state index contributed by atoms with van der Waals surface area (Å²) in [5, 5.41) is 0. The lowest BCUT2D eigenvalue weighted by molar-refractivity contribution is 0.607. The van der Waals surface area contributed by atoms with E-state index in [0.717, 1.165) is 17.5 Å². The molecule has 0 radical (unpaired) electrons. The minimum Gasteiger partial charge on any atom is -0.172 e. The fraction of sp³-hybridized carbons (Fsp3) is 0.607. The van der Waals surface area contributed by atoms with Crippen LogP contribution in [0.4, 0.5) is 0 Å². The quantitative estimate of drug-likeness (QED) is 0.0394. The van der Waals surface area contributed by atoms with E-state index < -0.39 is 0 Å². The van der Waals surface area contributed by atoms with Crippen molar-refractivity contribution in [3.8, 4) is 40.4 Å². The molecule has 7 heteroatoms. The van der Waals surface area contributed by atoms with E-state index in [1.54, 1.807) is 16.0 Å². The topological polar surface area (TPSA) is 25.8 Å². The average Bonchev–Trinajstić information content (AvgIpc) is 4.14. The molecule has 6 aromatic rings. The molecule has 2 nitrogen and oxygen atoms in total. The number of thiophene rings is 4. The smallest absolute Gasteiger partial charge is 0.114 e.